The number of rotatable bonds is 6. The highest BCUT2D eigenvalue weighted by molar-refractivity contribution is 5.92. The van der Waals surface area contributed by atoms with Crippen molar-refractivity contribution in [2.24, 2.45) is 0 Å². The SMILES string of the molecule is O=C(c1cncc(NC2CCN(Cc3ccc(-c4ccccc4)cc3)CC2)n1)N1CCCC1. The van der Waals surface area contributed by atoms with Gasteiger partial charge >= 0.3 is 0 Å². The summed E-state index contributed by atoms with van der Waals surface area (Å²) in [6.45, 7) is 4.70. The van der Waals surface area contributed by atoms with Crippen molar-refractivity contribution in [2.75, 3.05) is 31.5 Å². The van der Waals surface area contributed by atoms with E-state index in [9.17, 15) is 4.79 Å². The van der Waals surface area contributed by atoms with Crippen molar-refractivity contribution in [2.45, 2.75) is 38.3 Å². The lowest BCUT2D eigenvalue weighted by Gasteiger charge is -2.32. The Balaban J connectivity index is 1.12. The van der Waals surface area contributed by atoms with E-state index in [4.69, 9.17) is 0 Å². The zero-order chi connectivity index (χ0) is 22.5. The number of piperidine rings is 1. The van der Waals surface area contributed by atoms with Crippen molar-refractivity contribution in [1.29, 1.82) is 0 Å². The standard InChI is InChI=1S/C27H31N5O/c33-27(32-14-4-5-15-32)25-18-28-19-26(30-25)29-24-12-16-31(17-13-24)20-21-8-10-23(11-9-21)22-6-2-1-3-7-22/h1-3,6-11,18-19,24H,4-5,12-17,20H2,(H,29,30). The van der Waals surface area contributed by atoms with Gasteiger partial charge in [0, 0.05) is 38.8 Å². The van der Waals surface area contributed by atoms with Gasteiger partial charge in [-0.3, -0.25) is 14.7 Å². The average molecular weight is 442 g/mol. The third-order valence-corrected chi connectivity index (χ3v) is 6.65. The first-order valence-electron chi connectivity index (χ1n) is 12.0. The first-order chi connectivity index (χ1) is 16.2. The Bertz CT molecular complexity index is 1060. The number of aromatic nitrogens is 2. The van der Waals surface area contributed by atoms with Gasteiger partial charge in [-0.15, -0.1) is 0 Å². The Morgan fingerprint density at radius 3 is 2.30 bits per heavy atom. The largest absolute Gasteiger partial charge is 0.366 e. The first-order valence-corrected chi connectivity index (χ1v) is 12.0. The van der Waals surface area contributed by atoms with E-state index >= 15 is 0 Å². The second-order valence-corrected chi connectivity index (χ2v) is 9.05. The van der Waals surface area contributed by atoms with Crippen molar-refractivity contribution in [1.82, 2.24) is 19.8 Å². The average Bonchev–Trinajstić information content (AvgIpc) is 3.41. The van der Waals surface area contributed by atoms with Crippen LogP contribution in [0.4, 0.5) is 5.82 Å². The van der Waals surface area contributed by atoms with E-state index < -0.39 is 0 Å². The zero-order valence-electron chi connectivity index (χ0n) is 19.0. The number of nitrogens with zero attached hydrogens (tertiary/aromatic N) is 4. The molecule has 2 aromatic carbocycles. The van der Waals surface area contributed by atoms with E-state index in [1.165, 1.54) is 16.7 Å². The van der Waals surface area contributed by atoms with Crippen molar-refractivity contribution in [3.63, 3.8) is 0 Å². The molecule has 0 radical (unpaired) electrons. The predicted molar refractivity (Wildman–Crippen MR) is 131 cm³/mol. The van der Waals surface area contributed by atoms with E-state index in [1.807, 2.05) is 11.0 Å². The molecule has 6 nitrogen and oxygen atoms in total. The maximum Gasteiger partial charge on any atom is 0.274 e. The van der Waals surface area contributed by atoms with Crippen LogP contribution >= 0.6 is 0 Å². The highest BCUT2D eigenvalue weighted by Crippen LogP contribution is 2.22. The lowest BCUT2D eigenvalue weighted by molar-refractivity contribution is 0.0786. The van der Waals surface area contributed by atoms with E-state index in [0.29, 0.717) is 17.6 Å². The summed E-state index contributed by atoms with van der Waals surface area (Å²) in [4.78, 5) is 25.8. The van der Waals surface area contributed by atoms with Gasteiger partial charge in [-0.25, -0.2) is 4.98 Å². The van der Waals surface area contributed by atoms with Crippen LogP contribution in [0.5, 0.6) is 0 Å². The molecule has 0 atom stereocenters. The second-order valence-electron chi connectivity index (χ2n) is 9.05. The molecular formula is C27H31N5O. The zero-order valence-corrected chi connectivity index (χ0v) is 19.0. The number of benzene rings is 2. The highest BCUT2D eigenvalue weighted by atomic mass is 16.2. The fraction of sp³-hybridized carbons (Fsp3) is 0.370. The maximum atomic E-state index is 12.6. The van der Waals surface area contributed by atoms with Gasteiger partial charge in [-0.1, -0.05) is 54.6 Å². The minimum absolute atomic E-state index is 0.00301. The van der Waals surface area contributed by atoms with Crippen LogP contribution in [0.1, 0.15) is 41.7 Å². The van der Waals surface area contributed by atoms with Crippen LogP contribution in [0.15, 0.2) is 67.0 Å². The van der Waals surface area contributed by atoms with Gasteiger partial charge in [-0.2, -0.15) is 0 Å². The Morgan fingerprint density at radius 1 is 0.879 bits per heavy atom. The summed E-state index contributed by atoms with van der Waals surface area (Å²) in [5, 5.41) is 3.51. The third-order valence-electron chi connectivity index (χ3n) is 6.65. The Kier molecular flexibility index (Phi) is 6.63. The summed E-state index contributed by atoms with van der Waals surface area (Å²) in [7, 11) is 0. The van der Waals surface area contributed by atoms with E-state index in [0.717, 1.165) is 58.4 Å². The molecule has 3 aromatic rings. The monoisotopic (exact) mass is 441 g/mol. The summed E-state index contributed by atoms with van der Waals surface area (Å²) in [6.07, 6.45) is 7.56. The van der Waals surface area contributed by atoms with E-state index in [2.05, 4.69) is 68.7 Å². The topological polar surface area (TPSA) is 61.4 Å². The molecule has 1 amide bonds. The summed E-state index contributed by atoms with van der Waals surface area (Å²) < 4.78 is 0. The number of hydrogen-bond donors (Lipinski definition) is 1. The molecule has 33 heavy (non-hydrogen) atoms. The number of carbonyl (C=O) groups is 1. The van der Waals surface area contributed by atoms with Crippen molar-refractivity contribution < 1.29 is 4.79 Å². The Hall–Kier alpha value is -3.25. The molecule has 1 N–H and O–H groups in total. The van der Waals surface area contributed by atoms with Crippen molar-refractivity contribution >= 4 is 11.7 Å². The van der Waals surface area contributed by atoms with E-state index in [-0.39, 0.29) is 5.91 Å². The highest BCUT2D eigenvalue weighted by Gasteiger charge is 2.23. The molecule has 0 aliphatic carbocycles. The van der Waals surface area contributed by atoms with Gasteiger partial charge in [0.15, 0.2) is 0 Å². The third kappa shape index (κ3) is 5.40. The number of likely N-dealkylation sites (tertiary alicyclic amines) is 2. The molecule has 170 valence electrons. The second kappa shape index (κ2) is 10.1. The summed E-state index contributed by atoms with van der Waals surface area (Å²) in [5.41, 5.74) is 4.30. The number of amides is 1. The molecule has 5 rings (SSSR count). The maximum absolute atomic E-state index is 12.6. The molecule has 0 bridgehead atoms. The summed E-state index contributed by atoms with van der Waals surface area (Å²) in [5.74, 6) is 0.701. The molecule has 2 saturated heterocycles. The van der Waals surface area contributed by atoms with Gasteiger partial charge in [0.1, 0.15) is 11.5 Å². The fourth-order valence-corrected chi connectivity index (χ4v) is 4.76. The van der Waals surface area contributed by atoms with Gasteiger partial charge < -0.3 is 10.2 Å². The molecule has 6 heteroatoms. The van der Waals surface area contributed by atoms with Crippen LogP contribution in [-0.4, -0.2) is 57.9 Å². The van der Waals surface area contributed by atoms with E-state index in [1.54, 1.807) is 12.4 Å². The first kappa shape index (κ1) is 21.6. The summed E-state index contributed by atoms with van der Waals surface area (Å²) in [6, 6.07) is 19.8. The molecule has 2 fully saturated rings. The molecule has 2 aliphatic rings. The number of carbonyl (C=O) groups excluding carboxylic acids is 1. The minimum atomic E-state index is -0.00301. The predicted octanol–water partition coefficient (Wildman–Crippen LogP) is 4.46. The molecule has 0 unspecified atom stereocenters. The van der Waals surface area contributed by atoms with Crippen molar-refractivity contribution in [3.8, 4) is 11.1 Å². The van der Waals surface area contributed by atoms with Gasteiger partial charge in [0.2, 0.25) is 0 Å². The van der Waals surface area contributed by atoms with Crippen LogP contribution in [0.25, 0.3) is 11.1 Å². The van der Waals surface area contributed by atoms with Gasteiger partial charge in [-0.05, 0) is 42.4 Å². The minimum Gasteiger partial charge on any atom is -0.366 e. The lowest BCUT2D eigenvalue weighted by atomic mass is 10.0. The normalized spacial score (nSPS) is 17.3. The molecule has 0 spiro atoms. The van der Waals surface area contributed by atoms with Crippen LogP contribution < -0.4 is 5.32 Å². The quantitative estimate of drug-likeness (QED) is 0.612. The van der Waals surface area contributed by atoms with Gasteiger partial charge in [0.05, 0.1) is 12.4 Å². The van der Waals surface area contributed by atoms with Crippen LogP contribution in [0, 0.1) is 0 Å². The molecule has 2 aliphatic heterocycles. The number of hydrogen-bond acceptors (Lipinski definition) is 5. The van der Waals surface area contributed by atoms with Crippen molar-refractivity contribution in [3.05, 3.63) is 78.2 Å². The number of anilines is 1. The molecular weight excluding hydrogens is 410 g/mol. The summed E-state index contributed by atoms with van der Waals surface area (Å²) >= 11 is 0. The fourth-order valence-electron chi connectivity index (χ4n) is 4.76. The Labute approximate surface area is 195 Å². The molecule has 0 saturated carbocycles. The van der Waals surface area contributed by atoms with Crippen LogP contribution in [0.2, 0.25) is 0 Å². The van der Waals surface area contributed by atoms with Crippen LogP contribution in [0.3, 0.4) is 0 Å². The molecule has 3 heterocycles. The molecule has 1 aromatic heterocycles. The smallest absolute Gasteiger partial charge is 0.274 e. The lowest BCUT2D eigenvalue weighted by Crippen LogP contribution is -2.39. The number of nitrogens with one attached hydrogen (secondary N) is 1. The van der Waals surface area contributed by atoms with Crippen LogP contribution in [-0.2, 0) is 6.54 Å². The van der Waals surface area contributed by atoms with Gasteiger partial charge in [0.25, 0.3) is 5.91 Å². The Morgan fingerprint density at radius 2 is 1.58 bits per heavy atom.